The van der Waals surface area contributed by atoms with Crippen LogP contribution in [0.5, 0.6) is 0 Å². The largest absolute Gasteiger partial charge is 0.478 e. The average molecular weight is 322 g/mol. The molecule has 0 fully saturated rings. The molecule has 0 aliphatic heterocycles. The fraction of sp³-hybridized carbons (Fsp3) is 0.600. The first-order valence-electron chi connectivity index (χ1n) is 4.71. The lowest BCUT2D eigenvalue weighted by atomic mass is 9.88. The summed E-state index contributed by atoms with van der Waals surface area (Å²) in [5.74, 6) is -0.924. The van der Waals surface area contributed by atoms with Crippen LogP contribution in [-0.2, 0) is 0 Å². The van der Waals surface area contributed by atoms with Crippen molar-refractivity contribution in [1.29, 1.82) is 0 Å². The highest BCUT2D eigenvalue weighted by atomic mass is 127. The number of carboxylic acid groups (broad SMARTS) is 1. The minimum absolute atomic E-state index is 0.0573. The van der Waals surface area contributed by atoms with Gasteiger partial charge in [0.15, 0.2) is 0 Å². The summed E-state index contributed by atoms with van der Waals surface area (Å²) in [5, 5.41) is 13.0. The number of carboxylic acids is 1. The van der Waals surface area contributed by atoms with Crippen LogP contribution in [0.25, 0.3) is 0 Å². The zero-order chi connectivity index (χ0) is 11.8. The molecule has 5 heteroatoms. The number of nitrogens with zero attached hydrogens (tertiary/aromatic N) is 2. The van der Waals surface area contributed by atoms with Crippen LogP contribution in [0.2, 0.25) is 0 Å². The molecule has 0 aromatic carbocycles. The van der Waals surface area contributed by atoms with Crippen LogP contribution < -0.4 is 0 Å². The Kier molecular flexibility index (Phi) is 3.42. The van der Waals surface area contributed by atoms with E-state index >= 15 is 0 Å². The second kappa shape index (κ2) is 4.11. The summed E-state index contributed by atoms with van der Waals surface area (Å²) in [6.45, 7) is 8.36. The van der Waals surface area contributed by atoms with Crippen molar-refractivity contribution in [2.24, 2.45) is 5.41 Å². The predicted molar refractivity (Wildman–Crippen MR) is 66.1 cm³/mol. The molecule has 1 N–H and O–H groups in total. The molecule has 4 nitrogen and oxygen atoms in total. The van der Waals surface area contributed by atoms with Crippen LogP contribution in [0, 0.1) is 9.12 Å². The zero-order valence-corrected chi connectivity index (χ0v) is 11.4. The van der Waals surface area contributed by atoms with Crippen molar-refractivity contribution in [3.8, 4) is 0 Å². The zero-order valence-electron chi connectivity index (χ0n) is 9.28. The average Bonchev–Trinajstić information content (AvgIpc) is 2.44. The second-order valence-electron chi connectivity index (χ2n) is 4.64. The van der Waals surface area contributed by atoms with Gasteiger partial charge in [0.05, 0.1) is 12.2 Å². The van der Waals surface area contributed by atoms with E-state index in [0.29, 0.717) is 3.70 Å². The standard InChI is InChI=1S/C10H15IN2O2/c1-6(10(2,3)4)13-8(11)7(5-12-13)9(14)15/h5-6H,1-4H3,(H,14,15). The second-order valence-corrected chi connectivity index (χ2v) is 5.66. The van der Waals surface area contributed by atoms with Gasteiger partial charge in [-0.15, -0.1) is 0 Å². The molecule has 1 aromatic rings. The first-order valence-corrected chi connectivity index (χ1v) is 5.79. The number of rotatable bonds is 2. The van der Waals surface area contributed by atoms with E-state index in [1.54, 1.807) is 4.68 Å². The van der Waals surface area contributed by atoms with E-state index in [4.69, 9.17) is 5.11 Å². The van der Waals surface area contributed by atoms with Crippen LogP contribution >= 0.6 is 22.6 Å². The molecule has 0 saturated heterocycles. The van der Waals surface area contributed by atoms with Gasteiger partial charge < -0.3 is 5.11 Å². The van der Waals surface area contributed by atoms with Crippen molar-refractivity contribution in [3.63, 3.8) is 0 Å². The molecule has 0 aliphatic rings. The monoisotopic (exact) mass is 322 g/mol. The Morgan fingerprint density at radius 3 is 2.47 bits per heavy atom. The van der Waals surface area contributed by atoms with Crippen molar-refractivity contribution < 1.29 is 9.90 Å². The molecule has 0 bridgehead atoms. The molecule has 1 atom stereocenters. The fourth-order valence-corrected chi connectivity index (χ4v) is 2.04. The van der Waals surface area contributed by atoms with Crippen molar-refractivity contribution in [1.82, 2.24) is 9.78 Å². The maximum Gasteiger partial charge on any atom is 0.340 e. The van der Waals surface area contributed by atoms with Crippen LogP contribution in [0.3, 0.4) is 0 Å². The molecule has 1 rings (SSSR count). The normalized spacial score (nSPS) is 13.9. The maximum atomic E-state index is 10.8. The van der Waals surface area contributed by atoms with Crippen molar-refractivity contribution in [2.45, 2.75) is 33.7 Å². The molecule has 15 heavy (non-hydrogen) atoms. The van der Waals surface area contributed by atoms with Gasteiger partial charge in [-0.25, -0.2) is 4.79 Å². The lowest BCUT2D eigenvalue weighted by Crippen LogP contribution is -2.23. The number of hydrogen-bond donors (Lipinski definition) is 1. The highest BCUT2D eigenvalue weighted by Crippen LogP contribution is 2.31. The molecule has 1 heterocycles. The summed E-state index contributed by atoms with van der Waals surface area (Å²) in [4.78, 5) is 10.8. The summed E-state index contributed by atoms with van der Waals surface area (Å²) in [6.07, 6.45) is 1.41. The van der Waals surface area contributed by atoms with E-state index in [1.165, 1.54) is 6.20 Å². The maximum absolute atomic E-state index is 10.8. The molecule has 1 unspecified atom stereocenters. The molecule has 0 spiro atoms. The smallest absolute Gasteiger partial charge is 0.340 e. The van der Waals surface area contributed by atoms with E-state index in [2.05, 4.69) is 25.9 Å². The summed E-state index contributed by atoms with van der Waals surface area (Å²) in [6, 6.07) is 0.164. The van der Waals surface area contributed by atoms with Gasteiger partial charge in [0.25, 0.3) is 0 Å². The molecule has 1 aromatic heterocycles. The molecule has 0 aliphatic carbocycles. The number of halogens is 1. The van der Waals surface area contributed by atoms with Crippen LogP contribution in [0.4, 0.5) is 0 Å². The van der Waals surface area contributed by atoms with Gasteiger partial charge in [-0.1, -0.05) is 20.8 Å². The van der Waals surface area contributed by atoms with E-state index in [-0.39, 0.29) is 17.0 Å². The van der Waals surface area contributed by atoms with Crippen molar-refractivity contribution >= 4 is 28.6 Å². The lowest BCUT2D eigenvalue weighted by Gasteiger charge is -2.28. The summed E-state index contributed by atoms with van der Waals surface area (Å²) in [5.41, 5.74) is 0.327. The van der Waals surface area contributed by atoms with Gasteiger partial charge in [-0.3, -0.25) is 4.68 Å². The molecular weight excluding hydrogens is 307 g/mol. The van der Waals surface area contributed by atoms with Gasteiger partial charge in [0, 0.05) is 0 Å². The Hall–Kier alpha value is -0.590. The third kappa shape index (κ3) is 2.50. The third-order valence-corrected chi connectivity index (χ3v) is 3.66. The van der Waals surface area contributed by atoms with Crippen LogP contribution in [0.15, 0.2) is 6.20 Å². The van der Waals surface area contributed by atoms with Gasteiger partial charge in [-0.2, -0.15) is 5.10 Å². The minimum atomic E-state index is -0.924. The minimum Gasteiger partial charge on any atom is -0.478 e. The fourth-order valence-electron chi connectivity index (χ4n) is 1.13. The number of carbonyl (C=O) groups is 1. The lowest BCUT2D eigenvalue weighted by molar-refractivity contribution is 0.0695. The number of aromatic carboxylic acids is 1. The van der Waals surface area contributed by atoms with Crippen molar-refractivity contribution in [3.05, 3.63) is 15.5 Å². The summed E-state index contributed by atoms with van der Waals surface area (Å²) >= 11 is 2.03. The summed E-state index contributed by atoms with van der Waals surface area (Å²) < 4.78 is 2.45. The Bertz CT molecular complexity index is 379. The Labute approximate surface area is 103 Å². The van der Waals surface area contributed by atoms with Gasteiger partial charge in [0.1, 0.15) is 9.26 Å². The van der Waals surface area contributed by atoms with Gasteiger partial charge in [0.2, 0.25) is 0 Å². The van der Waals surface area contributed by atoms with E-state index < -0.39 is 5.97 Å². The van der Waals surface area contributed by atoms with Crippen LogP contribution in [0.1, 0.15) is 44.1 Å². The van der Waals surface area contributed by atoms with Gasteiger partial charge >= 0.3 is 5.97 Å². The van der Waals surface area contributed by atoms with Crippen molar-refractivity contribution in [2.75, 3.05) is 0 Å². The van der Waals surface area contributed by atoms with E-state index in [9.17, 15) is 4.79 Å². The number of aromatic nitrogens is 2. The predicted octanol–water partition coefficient (Wildman–Crippen LogP) is 2.79. The molecule has 0 radical (unpaired) electrons. The highest BCUT2D eigenvalue weighted by molar-refractivity contribution is 14.1. The first-order chi connectivity index (χ1) is 6.75. The Morgan fingerprint density at radius 2 is 2.13 bits per heavy atom. The quantitative estimate of drug-likeness (QED) is 0.852. The molecular formula is C10H15IN2O2. The first kappa shape index (κ1) is 12.5. The van der Waals surface area contributed by atoms with Gasteiger partial charge in [-0.05, 0) is 34.9 Å². The van der Waals surface area contributed by atoms with Crippen LogP contribution in [-0.4, -0.2) is 20.9 Å². The molecule has 0 saturated carbocycles. The topological polar surface area (TPSA) is 55.1 Å². The Balaban J connectivity index is 3.12. The highest BCUT2D eigenvalue weighted by Gasteiger charge is 2.26. The molecule has 84 valence electrons. The SMILES string of the molecule is CC(n1ncc(C(=O)O)c1I)C(C)(C)C. The third-order valence-electron chi connectivity index (χ3n) is 2.59. The molecule has 0 amide bonds. The summed E-state index contributed by atoms with van der Waals surface area (Å²) in [7, 11) is 0. The van der Waals surface area contributed by atoms with E-state index in [1.807, 2.05) is 29.5 Å². The Morgan fingerprint density at radius 1 is 1.60 bits per heavy atom. The number of hydrogen-bond acceptors (Lipinski definition) is 2. The van der Waals surface area contributed by atoms with E-state index in [0.717, 1.165) is 0 Å².